The third kappa shape index (κ3) is 5.92. The van der Waals surface area contributed by atoms with E-state index in [0.29, 0.717) is 55.1 Å². The van der Waals surface area contributed by atoms with Crippen LogP contribution in [0.2, 0.25) is 0 Å². The van der Waals surface area contributed by atoms with Crippen molar-refractivity contribution in [3.8, 4) is 0 Å². The summed E-state index contributed by atoms with van der Waals surface area (Å²) in [6.07, 6.45) is 4.10. The predicted octanol–water partition coefficient (Wildman–Crippen LogP) is 3.43. The number of carbonyl (C=O) groups excluding carboxylic acids is 2. The fraction of sp³-hybridized carbons (Fsp3) is 0.600. The van der Waals surface area contributed by atoms with E-state index < -0.39 is 11.7 Å². The summed E-state index contributed by atoms with van der Waals surface area (Å²) < 4.78 is 7.09. The van der Waals surface area contributed by atoms with E-state index in [1.807, 2.05) is 54.5 Å². The smallest absolute Gasteiger partial charge is 0.407 e. The van der Waals surface area contributed by atoms with Crippen molar-refractivity contribution in [1.29, 1.82) is 0 Å². The predicted molar refractivity (Wildman–Crippen MR) is 126 cm³/mol. The summed E-state index contributed by atoms with van der Waals surface area (Å²) >= 11 is 0. The molecule has 0 atom stereocenters. The van der Waals surface area contributed by atoms with Gasteiger partial charge < -0.3 is 15.0 Å². The van der Waals surface area contributed by atoms with Gasteiger partial charge in [0.2, 0.25) is 5.91 Å². The molecule has 178 valence electrons. The minimum absolute atomic E-state index is 0.00357. The van der Waals surface area contributed by atoms with Gasteiger partial charge in [-0.05, 0) is 64.5 Å². The number of ether oxygens (including phenoxy) is 1. The van der Waals surface area contributed by atoms with Crippen molar-refractivity contribution in [2.75, 3.05) is 19.6 Å². The van der Waals surface area contributed by atoms with Gasteiger partial charge in [-0.3, -0.25) is 14.2 Å². The number of rotatable bonds is 6. The maximum Gasteiger partial charge on any atom is 0.407 e. The molecule has 1 aliphatic heterocycles. The summed E-state index contributed by atoms with van der Waals surface area (Å²) in [5.74, 6) is 1.15. The van der Waals surface area contributed by atoms with Gasteiger partial charge in [0.25, 0.3) is 5.56 Å². The molecule has 1 aromatic carbocycles. The van der Waals surface area contributed by atoms with Crippen LogP contribution in [0.1, 0.15) is 64.7 Å². The standard InChI is InChI=1S/C25H34N4O4/c1-25(2,3)33-24(32)26-16-17-12-14-28(15-13-17)22(30)11-10-21-27-20-7-5-4-6-19(20)23(31)29(21)18-8-9-18/h4-7,17-18H,8-16H2,1-3H3,(H,26,32). The highest BCUT2D eigenvalue weighted by molar-refractivity contribution is 5.78. The molecule has 8 nitrogen and oxygen atoms in total. The lowest BCUT2D eigenvalue weighted by atomic mass is 9.96. The van der Waals surface area contributed by atoms with Crippen LogP contribution in [0.5, 0.6) is 0 Å². The van der Waals surface area contributed by atoms with Crippen LogP contribution in [0, 0.1) is 5.92 Å². The molecule has 1 aromatic heterocycles. The van der Waals surface area contributed by atoms with Crippen molar-refractivity contribution in [3.63, 3.8) is 0 Å². The van der Waals surface area contributed by atoms with E-state index in [1.165, 1.54) is 0 Å². The summed E-state index contributed by atoms with van der Waals surface area (Å²) in [6.45, 7) is 7.45. The van der Waals surface area contributed by atoms with Crippen LogP contribution in [0.4, 0.5) is 4.79 Å². The van der Waals surface area contributed by atoms with Gasteiger partial charge in [0.1, 0.15) is 11.4 Å². The Kier molecular flexibility index (Phi) is 6.72. The van der Waals surface area contributed by atoms with Gasteiger partial charge in [-0.1, -0.05) is 12.1 Å². The lowest BCUT2D eigenvalue weighted by Crippen LogP contribution is -2.42. The monoisotopic (exact) mass is 454 g/mol. The number of fused-ring (bicyclic) bond motifs is 1. The number of hydrogen-bond donors (Lipinski definition) is 1. The third-order valence-corrected chi connectivity index (χ3v) is 6.26. The highest BCUT2D eigenvalue weighted by Gasteiger charge is 2.29. The molecule has 4 rings (SSSR count). The first kappa shape index (κ1) is 23.3. The number of alkyl carbamates (subject to hydrolysis) is 1. The molecule has 0 unspecified atom stereocenters. The van der Waals surface area contributed by atoms with E-state index in [0.717, 1.165) is 25.7 Å². The van der Waals surface area contributed by atoms with Crippen LogP contribution >= 0.6 is 0 Å². The lowest BCUT2D eigenvalue weighted by molar-refractivity contribution is -0.132. The number of aryl methyl sites for hydroxylation is 1. The molecule has 2 heterocycles. The molecule has 2 amide bonds. The average molecular weight is 455 g/mol. The van der Waals surface area contributed by atoms with Crippen molar-refractivity contribution in [1.82, 2.24) is 19.8 Å². The van der Waals surface area contributed by atoms with Crippen LogP contribution < -0.4 is 10.9 Å². The molecule has 2 aliphatic rings. The largest absolute Gasteiger partial charge is 0.444 e. The Balaban J connectivity index is 1.30. The SMILES string of the molecule is CC(C)(C)OC(=O)NCC1CCN(C(=O)CCc2nc3ccccc3c(=O)n2C2CC2)CC1. The van der Waals surface area contributed by atoms with E-state index in [9.17, 15) is 14.4 Å². The molecule has 0 radical (unpaired) electrons. The number of piperidine rings is 1. The number of aromatic nitrogens is 2. The quantitative estimate of drug-likeness (QED) is 0.722. The summed E-state index contributed by atoms with van der Waals surface area (Å²) in [5.41, 5.74) is 0.189. The summed E-state index contributed by atoms with van der Waals surface area (Å²) in [5, 5.41) is 3.48. The Bertz CT molecular complexity index is 1080. The summed E-state index contributed by atoms with van der Waals surface area (Å²) in [6, 6.07) is 7.63. The Morgan fingerprint density at radius 1 is 1.12 bits per heavy atom. The van der Waals surface area contributed by atoms with Gasteiger partial charge in [-0.15, -0.1) is 0 Å². The molecule has 1 aliphatic carbocycles. The molecular formula is C25H34N4O4. The van der Waals surface area contributed by atoms with Crippen molar-refractivity contribution in [2.45, 2.75) is 70.9 Å². The molecule has 1 saturated heterocycles. The van der Waals surface area contributed by atoms with Gasteiger partial charge >= 0.3 is 6.09 Å². The van der Waals surface area contributed by atoms with E-state index in [1.54, 1.807) is 0 Å². The summed E-state index contributed by atoms with van der Waals surface area (Å²) in [7, 11) is 0. The molecule has 33 heavy (non-hydrogen) atoms. The zero-order valence-corrected chi connectivity index (χ0v) is 19.8. The lowest BCUT2D eigenvalue weighted by Gasteiger charge is -2.32. The van der Waals surface area contributed by atoms with E-state index >= 15 is 0 Å². The van der Waals surface area contributed by atoms with Crippen LogP contribution in [-0.2, 0) is 16.0 Å². The molecule has 2 fully saturated rings. The van der Waals surface area contributed by atoms with Crippen LogP contribution in [0.15, 0.2) is 29.1 Å². The highest BCUT2D eigenvalue weighted by atomic mass is 16.6. The van der Waals surface area contributed by atoms with E-state index in [4.69, 9.17) is 9.72 Å². The fourth-order valence-electron chi connectivity index (χ4n) is 4.38. The number of likely N-dealkylation sites (tertiary alicyclic amines) is 1. The van der Waals surface area contributed by atoms with Gasteiger partial charge in [0.05, 0.1) is 10.9 Å². The second-order valence-corrected chi connectivity index (χ2v) is 10.2. The molecule has 1 N–H and O–H groups in total. The number of benzene rings is 1. The minimum Gasteiger partial charge on any atom is -0.444 e. The number of nitrogens with zero attached hydrogens (tertiary/aromatic N) is 3. The van der Waals surface area contributed by atoms with Gasteiger partial charge in [0, 0.05) is 38.5 Å². The summed E-state index contributed by atoms with van der Waals surface area (Å²) in [4.78, 5) is 44.3. The Morgan fingerprint density at radius 3 is 2.48 bits per heavy atom. The molecule has 8 heteroatoms. The van der Waals surface area contributed by atoms with Gasteiger partial charge in [-0.2, -0.15) is 0 Å². The normalized spacial score (nSPS) is 17.2. The van der Waals surface area contributed by atoms with Crippen LogP contribution in [0.25, 0.3) is 10.9 Å². The van der Waals surface area contributed by atoms with Crippen LogP contribution in [0.3, 0.4) is 0 Å². The Labute approximate surface area is 194 Å². The average Bonchev–Trinajstić information content (AvgIpc) is 3.60. The minimum atomic E-state index is -0.510. The van der Waals surface area contributed by atoms with Crippen LogP contribution in [-0.4, -0.2) is 51.7 Å². The second kappa shape index (κ2) is 9.53. The fourth-order valence-corrected chi connectivity index (χ4v) is 4.38. The number of hydrogen-bond acceptors (Lipinski definition) is 5. The first-order chi connectivity index (χ1) is 15.7. The zero-order chi connectivity index (χ0) is 23.6. The molecule has 0 spiro atoms. The van der Waals surface area contributed by atoms with Crippen molar-refractivity contribution in [3.05, 3.63) is 40.4 Å². The molecule has 2 aromatic rings. The zero-order valence-electron chi connectivity index (χ0n) is 19.8. The maximum atomic E-state index is 13.0. The van der Waals surface area contributed by atoms with Crippen molar-refractivity contribution >= 4 is 22.9 Å². The number of amides is 2. The topological polar surface area (TPSA) is 93.5 Å². The molecular weight excluding hydrogens is 420 g/mol. The van der Waals surface area contributed by atoms with Crippen molar-refractivity contribution in [2.24, 2.45) is 5.92 Å². The first-order valence-electron chi connectivity index (χ1n) is 12.0. The Hall–Kier alpha value is -2.90. The number of carbonyl (C=O) groups is 2. The van der Waals surface area contributed by atoms with Gasteiger partial charge in [0.15, 0.2) is 0 Å². The number of para-hydroxylation sites is 1. The first-order valence-corrected chi connectivity index (χ1v) is 12.0. The number of nitrogens with one attached hydrogen (secondary N) is 1. The second-order valence-electron chi connectivity index (χ2n) is 10.2. The van der Waals surface area contributed by atoms with Crippen molar-refractivity contribution < 1.29 is 14.3 Å². The molecule has 1 saturated carbocycles. The maximum absolute atomic E-state index is 13.0. The van der Waals surface area contributed by atoms with Gasteiger partial charge in [-0.25, -0.2) is 9.78 Å². The highest BCUT2D eigenvalue weighted by Crippen LogP contribution is 2.35. The van der Waals surface area contributed by atoms with E-state index in [-0.39, 0.29) is 17.5 Å². The van der Waals surface area contributed by atoms with E-state index in [2.05, 4.69) is 5.32 Å². The third-order valence-electron chi connectivity index (χ3n) is 6.26. The molecule has 0 bridgehead atoms. The Morgan fingerprint density at radius 2 is 1.82 bits per heavy atom.